The molecule has 3 rings (SSSR count). The number of β-amino-alcohol motifs (C(OH)–C–C–N with tert-alkyl or cyclic N) is 1. The van der Waals surface area contributed by atoms with Gasteiger partial charge in [0.15, 0.2) is 0 Å². The number of aliphatic hydroxyl groups is 1. The number of aromatic nitrogens is 1. The fraction of sp³-hybridized carbons (Fsp3) is 0.586. The van der Waals surface area contributed by atoms with Crippen molar-refractivity contribution in [3.63, 3.8) is 0 Å². The first kappa shape index (κ1) is 30.7. The zero-order chi connectivity index (χ0) is 28.6. The number of nitrogens with one attached hydrogen (secondary N) is 2. The molecule has 1 fully saturated rings. The monoisotopic (exact) mass is 557 g/mol. The van der Waals surface area contributed by atoms with Gasteiger partial charge in [0.25, 0.3) is 0 Å². The molecule has 0 radical (unpaired) electrons. The second-order valence-electron chi connectivity index (χ2n) is 11.4. The Labute approximate surface area is 235 Å². The second kappa shape index (κ2) is 14.0. The number of rotatable bonds is 12. The van der Waals surface area contributed by atoms with E-state index in [0.29, 0.717) is 19.5 Å². The van der Waals surface area contributed by atoms with E-state index in [2.05, 4.69) is 15.6 Å². The van der Waals surface area contributed by atoms with Gasteiger partial charge in [-0.15, -0.1) is 11.3 Å². The van der Waals surface area contributed by atoms with Gasteiger partial charge in [-0.05, 0) is 42.9 Å². The summed E-state index contributed by atoms with van der Waals surface area (Å²) in [6.07, 6.45) is 3.24. The van der Waals surface area contributed by atoms with E-state index in [0.717, 1.165) is 47.4 Å². The molecule has 5 N–H and O–H groups in total. The molecule has 0 spiro atoms. The SMILES string of the molecule is Cc1ncsc1-c1ccc(CNC(=O)C2C[C@H](O)CN2C(=O)C(NC(=O)CCCCCCN)C(C)(C)C)cc1. The number of carbonyl (C=O) groups excluding carboxylic acids is 3. The maximum atomic E-state index is 13.7. The van der Waals surface area contributed by atoms with Crippen LogP contribution in [0.3, 0.4) is 0 Å². The van der Waals surface area contributed by atoms with Crippen LogP contribution in [-0.2, 0) is 20.9 Å². The average Bonchev–Trinajstić information content (AvgIpc) is 3.50. The topological polar surface area (TPSA) is 138 Å². The Morgan fingerprint density at radius 3 is 2.46 bits per heavy atom. The first-order valence-corrected chi connectivity index (χ1v) is 14.6. The zero-order valence-corrected chi connectivity index (χ0v) is 24.4. The molecule has 2 unspecified atom stereocenters. The molecule has 2 aromatic rings. The molecule has 0 bridgehead atoms. The maximum Gasteiger partial charge on any atom is 0.246 e. The number of likely N-dealkylation sites (tertiary alicyclic amines) is 1. The van der Waals surface area contributed by atoms with Crippen LogP contribution in [0.15, 0.2) is 29.8 Å². The van der Waals surface area contributed by atoms with Gasteiger partial charge in [0.2, 0.25) is 17.7 Å². The van der Waals surface area contributed by atoms with Crippen LogP contribution in [0, 0.1) is 12.3 Å². The molecule has 0 aliphatic carbocycles. The number of benzene rings is 1. The molecule has 1 aromatic carbocycles. The van der Waals surface area contributed by atoms with Crippen molar-refractivity contribution in [1.82, 2.24) is 20.5 Å². The standard InChI is InChI=1S/C29H43N5O4S/c1-19-25(39-18-32-19)21-12-10-20(11-13-21)16-31-27(37)23-15-22(35)17-34(23)28(38)26(29(2,3)4)33-24(36)9-7-5-6-8-14-30/h10-13,18,22-23,26,35H,5-9,14-17,30H2,1-4H3,(H,31,37)(H,33,36)/t22-,23?,26?/m0/s1. The van der Waals surface area contributed by atoms with Crippen LogP contribution in [0.4, 0.5) is 0 Å². The third kappa shape index (κ3) is 8.58. The van der Waals surface area contributed by atoms with Crippen molar-refractivity contribution in [2.24, 2.45) is 11.1 Å². The largest absolute Gasteiger partial charge is 0.391 e. The number of aliphatic hydroxyl groups excluding tert-OH is 1. The van der Waals surface area contributed by atoms with Gasteiger partial charge in [-0.25, -0.2) is 4.98 Å². The lowest BCUT2D eigenvalue weighted by Crippen LogP contribution is -2.57. The molecule has 0 saturated carbocycles. The maximum absolute atomic E-state index is 13.7. The van der Waals surface area contributed by atoms with Gasteiger partial charge in [0.1, 0.15) is 12.1 Å². The molecule has 3 atom stereocenters. The summed E-state index contributed by atoms with van der Waals surface area (Å²) < 4.78 is 0. The molecule has 1 saturated heterocycles. The highest BCUT2D eigenvalue weighted by Gasteiger charge is 2.44. The van der Waals surface area contributed by atoms with Gasteiger partial charge in [0, 0.05) is 25.9 Å². The summed E-state index contributed by atoms with van der Waals surface area (Å²) in [5.74, 6) is -0.852. The molecule has 39 heavy (non-hydrogen) atoms. The third-order valence-electron chi connectivity index (χ3n) is 7.07. The quantitative estimate of drug-likeness (QED) is 0.296. The van der Waals surface area contributed by atoms with Crippen molar-refractivity contribution >= 4 is 29.1 Å². The number of unbranched alkanes of at least 4 members (excludes halogenated alkanes) is 3. The minimum absolute atomic E-state index is 0.0569. The molecule has 9 nitrogen and oxygen atoms in total. The lowest BCUT2D eigenvalue weighted by Gasteiger charge is -2.35. The Morgan fingerprint density at radius 1 is 1.15 bits per heavy atom. The Kier molecular flexibility index (Phi) is 11.0. The van der Waals surface area contributed by atoms with Crippen molar-refractivity contribution in [3.8, 4) is 10.4 Å². The Balaban J connectivity index is 1.61. The van der Waals surface area contributed by atoms with Crippen molar-refractivity contribution in [3.05, 3.63) is 41.0 Å². The summed E-state index contributed by atoms with van der Waals surface area (Å²) in [5, 5.41) is 16.2. The zero-order valence-electron chi connectivity index (χ0n) is 23.5. The van der Waals surface area contributed by atoms with Crippen LogP contribution in [0.2, 0.25) is 0 Å². The van der Waals surface area contributed by atoms with Crippen molar-refractivity contribution in [2.75, 3.05) is 13.1 Å². The molecule has 1 aliphatic heterocycles. The number of amides is 3. The van der Waals surface area contributed by atoms with E-state index >= 15 is 0 Å². The second-order valence-corrected chi connectivity index (χ2v) is 12.3. The number of thiazole rings is 1. The van der Waals surface area contributed by atoms with Crippen LogP contribution >= 0.6 is 11.3 Å². The average molecular weight is 558 g/mol. The minimum Gasteiger partial charge on any atom is -0.391 e. The summed E-state index contributed by atoms with van der Waals surface area (Å²) in [5.41, 5.74) is 9.76. The molecular weight excluding hydrogens is 514 g/mol. The summed E-state index contributed by atoms with van der Waals surface area (Å²) in [7, 11) is 0. The number of hydrogen-bond acceptors (Lipinski definition) is 7. The minimum atomic E-state index is -0.808. The van der Waals surface area contributed by atoms with Gasteiger partial charge in [-0.2, -0.15) is 0 Å². The fourth-order valence-corrected chi connectivity index (χ4v) is 5.61. The predicted octanol–water partition coefficient (Wildman–Crippen LogP) is 3.14. The normalized spacial score (nSPS) is 18.2. The van der Waals surface area contributed by atoms with E-state index < -0.39 is 23.6 Å². The van der Waals surface area contributed by atoms with E-state index in [1.54, 1.807) is 11.3 Å². The van der Waals surface area contributed by atoms with Crippen LogP contribution in [-0.4, -0.2) is 64.0 Å². The van der Waals surface area contributed by atoms with Gasteiger partial charge in [-0.1, -0.05) is 57.9 Å². The smallest absolute Gasteiger partial charge is 0.246 e. The lowest BCUT2D eigenvalue weighted by molar-refractivity contribution is -0.144. The van der Waals surface area contributed by atoms with E-state index in [1.165, 1.54) is 4.90 Å². The van der Waals surface area contributed by atoms with Crippen molar-refractivity contribution in [1.29, 1.82) is 0 Å². The van der Waals surface area contributed by atoms with Gasteiger partial charge in [0.05, 0.1) is 22.2 Å². The number of aryl methyl sites for hydroxylation is 1. The number of hydrogen-bond donors (Lipinski definition) is 4. The molecule has 1 aliphatic rings. The highest BCUT2D eigenvalue weighted by atomic mass is 32.1. The lowest BCUT2D eigenvalue weighted by atomic mass is 9.85. The first-order chi connectivity index (χ1) is 18.5. The molecule has 2 heterocycles. The fourth-order valence-electron chi connectivity index (χ4n) is 4.80. The number of carbonyl (C=O) groups is 3. The Morgan fingerprint density at radius 2 is 1.85 bits per heavy atom. The molecule has 214 valence electrons. The van der Waals surface area contributed by atoms with E-state index in [4.69, 9.17) is 5.73 Å². The summed E-state index contributed by atoms with van der Waals surface area (Å²) >= 11 is 1.59. The third-order valence-corrected chi connectivity index (χ3v) is 8.05. The van der Waals surface area contributed by atoms with Crippen molar-refractivity contribution < 1.29 is 19.5 Å². The highest BCUT2D eigenvalue weighted by molar-refractivity contribution is 7.13. The van der Waals surface area contributed by atoms with E-state index in [-0.39, 0.29) is 30.7 Å². The van der Waals surface area contributed by atoms with E-state index in [1.807, 2.05) is 57.5 Å². The first-order valence-electron chi connectivity index (χ1n) is 13.8. The van der Waals surface area contributed by atoms with Crippen LogP contribution < -0.4 is 16.4 Å². The van der Waals surface area contributed by atoms with Crippen molar-refractivity contribution in [2.45, 2.75) is 91.0 Å². The molecule has 1 aromatic heterocycles. The molecular formula is C29H43N5O4S. The predicted molar refractivity (Wildman–Crippen MR) is 154 cm³/mol. The van der Waals surface area contributed by atoms with Gasteiger partial charge < -0.3 is 26.4 Å². The Bertz CT molecular complexity index is 1110. The summed E-state index contributed by atoms with van der Waals surface area (Å²) in [4.78, 5) is 46.3. The van der Waals surface area contributed by atoms with Crippen LogP contribution in [0.5, 0.6) is 0 Å². The van der Waals surface area contributed by atoms with Crippen LogP contribution in [0.1, 0.15) is 70.6 Å². The van der Waals surface area contributed by atoms with E-state index in [9.17, 15) is 19.5 Å². The molecule has 3 amide bonds. The van der Waals surface area contributed by atoms with Gasteiger partial charge >= 0.3 is 0 Å². The number of nitrogens with two attached hydrogens (primary N) is 1. The number of nitrogens with zero attached hydrogens (tertiary/aromatic N) is 2. The highest BCUT2D eigenvalue weighted by Crippen LogP contribution is 2.28. The van der Waals surface area contributed by atoms with Crippen LogP contribution in [0.25, 0.3) is 10.4 Å². The summed E-state index contributed by atoms with van der Waals surface area (Å²) in [6.45, 7) is 8.63. The Hall–Kier alpha value is -2.82. The van der Waals surface area contributed by atoms with Gasteiger partial charge in [-0.3, -0.25) is 14.4 Å². The molecule has 10 heteroatoms. The summed E-state index contributed by atoms with van der Waals surface area (Å²) in [6, 6.07) is 6.32.